The van der Waals surface area contributed by atoms with Crippen LogP contribution in [0.5, 0.6) is 11.5 Å². The predicted octanol–water partition coefficient (Wildman–Crippen LogP) is 2.51. The summed E-state index contributed by atoms with van der Waals surface area (Å²) in [6.45, 7) is 2.38. The summed E-state index contributed by atoms with van der Waals surface area (Å²) in [4.78, 5) is 26.6. The number of carbonyl (C=O) groups is 2. The van der Waals surface area contributed by atoms with Gasteiger partial charge in [-0.2, -0.15) is 0 Å². The van der Waals surface area contributed by atoms with E-state index < -0.39 is 6.04 Å². The van der Waals surface area contributed by atoms with E-state index in [1.807, 2.05) is 48.5 Å². The SMILES string of the molecule is CNC(=O)C(C)N(Cc1ccccc1)C(=O)CCc1ccc2c(c1)OCO2. The third-order valence-corrected chi connectivity index (χ3v) is 4.67. The van der Waals surface area contributed by atoms with Gasteiger partial charge in [0.15, 0.2) is 11.5 Å². The highest BCUT2D eigenvalue weighted by molar-refractivity contribution is 5.87. The van der Waals surface area contributed by atoms with E-state index in [2.05, 4.69) is 5.32 Å². The molecule has 2 amide bonds. The van der Waals surface area contributed by atoms with E-state index in [-0.39, 0.29) is 18.6 Å². The van der Waals surface area contributed by atoms with Crippen LogP contribution in [0.25, 0.3) is 0 Å². The fourth-order valence-corrected chi connectivity index (χ4v) is 3.06. The van der Waals surface area contributed by atoms with Crippen molar-refractivity contribution in [2.75, 3.05) is 13.8 Å². The van der Waals surface area contributed by atoms with Crippen LogP contribution in [0.15, 0.2) is 48.5 Å². The molecule has 3 rings (SSSR count). The number of nitrogens with zero attached hydrogens (tertiary/aromatic N) is 1. The van der Waals surface area contributed by atoms with Crippen LogP contribution in [0.3, 0.4) is 0 Å². The Balaban J connectivity index is 1.69. The van der Waals surface area contributed by atoms with Crippen LogP contribution in [0, 0.1) is 0 Å². The van der Waals surface area contributed by atoms with E-state index in [1.54, 1.807) is 18.9 Å². The molecule has 27 heavy (non-hydrogen) atoms. The first-order valence-corrected chi connectivity index (χ1v) is 9.02. The number of ether oxygens (including phenoxy) is 2. The van der Waals surface area contributed by atoms with E-state index in [4.69, 9.17) is 9.47 Å². The summed E-state index contributed by atoms with van der Waals surface area (Å²) in [6.07, 6.45) is 0.884. The predicted molar refractivity (Wildman–Crippen MR) is 101 cm³/mol. The monoisotopic (exact) mass is 368 g/mol. The van der Waals surface area contributed by atoms with Crippen molar-refractivity contribution in [3.63, 3.8) is 0 Å². The minimum absolute atomic E-state index is 0.0624. The largest absolute Gasteiger partial charge is 0.454 e. The zero-order valence-corrected chi connectivity index (χ0v) is 15.6. The highest BCUT2D eigenvalue weighted by Crippen LogP contribution is 2.32. The lowest BCUT2D eigenvalue weighted by atomic mass is 10.1. The molecule has 1 aliphatic rings. The van der Waals surface area contributed by atoms with Gasteiger partial charge in [0.05, 0.1) is 0 Å². The van der Waals surface area contributed by atoms with Crippen molar-refractivity contribution in [1.29, 1.82) is 0 Å². The lowest BCUT2D eigenvalue weighted by molar-refractivity contribution is -0.140. The first-order chi connectivity index (χ1) is 13.1. The molecule has 0 fully saturated rings. The fraction of sp³-hybridized carbons (Fsp3) is 0.333. The first-order valence-electron chi connectivity index (χ1n) is 9.02. The summed E-state index contributed by atoms with van der Waals surface area (Å²) in [5.41, 5.74) is 1.99. The zero-order valence-electron chi connectivity index (χ0n) is 15.6. The Bertz CT molecular complexity index is 807. The summed E-state index contributed by atoms with van der Waals surface area (Å²) >= 11 is 0. The minimum Gasteiger partial charge on any atom is -0.454 e. The molecule has 0 spiro atoms. The lowest BCUT2D eigenvalue weighted by Crippen LogP contribution is -2.46. The minimum atomic E-state index is -0.542. The van der Waals surface area contributed by atoms with E-state index in [1.165, 1.54) is 0 Å². The number of amides is 2. The van der Waals surface area contributed by atoms with Crippen LogP contribution < -0.4 is 14.8 Å². The Morgan fingerprint density at radius 3 is 2.56 bits per heavy atom. The maximum absolute atomic E-state index is 12.9. The number of hydrogen-bond donors (Lipinski definition) is 1. The molecule has 6 nitrogen and oxygen atoms in total. The molecule has 1 unspecified atom stereocenters. The van der Waals surface area contributed by atoms with Crippen molar-refractivity contribution < 1.29 is 19.1 Å². The van der Waals surface area contributed by atoms with Crippen LogP contribution in [0.2, 0.25) is 0 Å². The van der Waals surface area contributed by atoms with Gasteiger partial charge in [-0.15, -0.1) is 0 Å². The Hall–Kier alpha value is -3.02. The van der Waals surface area contributed by atoms with Crippen LogP contribution in [-0.4, -0.2) is 36.6 Å². The Labute approximate surface area is 159 Å². The van der Waals surface area contributed by atoms with Gasteiger partial charge in [-0.3, -0.25) is 9.59 Å². The second-order valence-electron chi connectivity index (χ2n) is 6.49. The Kier molecular flexibility index (Phi) is 5.96. The van der Waals surface area contributed by atoms with Gasteiger partial charge in [-0.05, 0) is 36.6 Å². The van der Waals surface area contributed by atoms with Crippen LogP contribution in [0.1, 0.15) is 24.5 Å². The summed E-state index contributed by atoms with van der Waals surface area (Å²) in [7, 11) is 1.58. The van der Waals surface area contributed by atoms with Gasteiger partial charge in [0.25, 0.3) is 0 Å². The molecule has 0 bridgehead atoms. The van der Waals surface area contributed by atoms with Gasteiger partial charge in [-0.1, -0.05) is 36.4 Å². The fourth-order valence-electron chi connectivity index (χ4n) is 3.06. The molecule has 1 N–H and O–H groups in total. The van der Waals surface area contributed by atoms with Gasteiger partial charge in [0, 0.05) is 20.0 Å². The molecule has 1 aliphatic heterocycles. The van der Waals surface area contributed by atoms with Gasteiger partial charge in [0.2, 0.25) is 18.6 Å². The quantitative estimate of drug-likeness (QED) is 0.815. The summed E-state index contributed by atoms with van der Waals surface area (Å²) in [5, 5.41) is 2.62. The molecule has 0 radical (unpaired) electrons. The lowest BCUT2D eigenvalue weighted by Gasteiger charge is -2.28. The molecule has 0 saturated heterocycles. The second-order valence-corrected chi connectivity index (χ2v) is 6.49. The van der Waals surface area contributed by atoms with Crippen molar-refractivity contribution in [2.45, 2.75) is 32.4 Å². The number of hydrogen-bond acceptors (Lipinski definition) is 4. The van der Waals surface area contributed by atoms with E-state index in [9.17, 15) is 9.59 Å². The Morgan fingerprint density at radius 2 is 1.81 bits per heavy atom. The number of likely N-dealkylation sites (N-methyl/N-ethyl adjacent to an activating group) is 1. The molecule has 6 heteroatoms. The number of rotatable bonds is 7. The topological polar surface area (TPSA) is 67.9 Å². The number of fused-ring (bicyclic) bond motifs is 1. The van der Waals surface area contributed by atoms with E-state index in [0.29, 0.717) is 25.1 Å². The highest BCUT2D eigenvalue weighted by Gasteiger charge is 2.25. The maximum atomic E-state index is 12.9. The first kappa shape index (κ1) is 18.8. The van der Waals surface area contributed by atoms with Gasteiger partial charge in [0.1, 0.15) is 6.04 Å². The van der Waals surface area contributed by atoms with Crippen LogP contribution in [-0.2, 0) is 22.6 Å². The summed E-state index contributed by atoms with van der Waals surface area (Å²) in [6, 6.07) is 14.8. The molecule has 0 aromatic heterocycles. The molecular weight excluding hydrogens is 344 g/mol. The third-order valence-electron chi connectivity index (χ3n) is 4.67. The van der Waals surface area contributed by atoms with Crippen molar-refractivity contribution in [3.8, 4) is 11.5 Å². The average Bonchev–Trinajstić information content (AvgIpc) is 3.17. The smallest absolute Gasteiger partial charge is 0.242 e. The van der Waals surface area contributed by atoms with Crippen LogP contribution >= 0.6 is 0 Å². The molecule has 0 saturated carbocycles. The van der Waals surface area contributed by atoms with E-state index in [0.717, 1.165) is 16.9 Å². The summed E-state index contributed by atoms with van der Waals surface area (Å²) < 4.78 is 10.7. The van der Waals surface area contributed by atoms with Crippen molar-refractivity contribution in [3.05, 3.63) is 59.7 Å². The van der Waals surface area contributed by atoms with Crippen LogP contribution in [0.4, 0.5) is 0 Å². The van der Waals surface area contributed by atoms with Crippen molar-refractivity contribution in [2.24, 2.45) is 0 Å². The van der Waals surface area contributed by atoms with Gasteiger partial charge in [-0.25, -0.2) is 0 Å². The Morgan fingerprint density at radius 1 is 1.07 bits per heavy atom. The van der Waals surface area contributed by atoms with Gasteiger partial charge >= 0.3 is 0 Å². The van der Waals surface area contributed by atoms with E-state index >= 15 is 0 Å². The molecule has 1 heterocycles. The van der Waals surface area contributed by atoms with Crippen molar-refractivity contribution in [1.82, 2.24) is 10.2 Å². The van der Waals surface area contributed by atoms with Crippen molar-refractivity contribution >= 4 is 11.8 Å². The third kappa shape index (κ3) is 4.58. The normalized spacial score (nSPS) is 13.1. The maximum Gasteiger partial charge on any atom is 0.242 e. The molecule has 2 aromatic rings. The standard InChI is InChI=1S/C21H24N2O4/c1-15(21(25)22-2)23(13-17-6-4-3-5-7-17)20(24)11-9-16-8-10-18-19(12-16)27-14-26-18/h3-8,10,12,15H,9,11,13-14H2,1-2H3,(H,22,25). The summed E-state index contributed by atoms with van der Waals surface area (Å²) in [5.74, 6) is 1.19. The zero-order chi connectivity index (χ0) is 19.2. The molecular formula is C21H24N2O4. The second kappa shape index (κ2) is 8.58. The average molecular weight is 368 g/mol. The molecule has 142 valence electrons. The molecule has 1 atom stereocenters. The molecule has 0 aliphatic carbocycles. The highest BCUT2D eigenvalue weighted by atomic mass is 16.7. The van der Waals surface area contributed by atoms with Gasteiger partial charge < -0.3 is 19.7 Å². The number of benzene rings is 2. The molecule has 2 aromatic carbocycles. The number of aryl methyl sites for hydroxylation is 1. The number of nitrogens with one attached hydrogen (secondary N) is 1. The number of carbonyl (C=O) groups excluding carboxylic acids is 2.